The topological polar surface area (TPSA) is 64.7 Å². The highest BCUT2D eigenvalue weighted by Gasteiger charge is 2.07. The third-order valence-electron chi connectivity index (χ3n) is 7.11. The number of rotatable bonds is 20. The summed E-state index contributed by atoms with van der Waals surface area (Å²) in [6.07, 6.45) is 11.8. The minimum atomic E-state index is 0.0550. The molecular weight excluding hydrogens is 484 g/mol. The summed E-state index contributed by atoms with van der Waals surface area (Å²) >= 11 is 0. The molecule has 2 aromatic rings. The van der Waals surface area contributed by atoms with E-state index in [0.717, 1.165) is 44.0 Å². The van der Waals surface area contributed by atoms with Gasteiger partial charge in [-0.25, -0.2) is 0 Å². The zero-order valence-corrected chi connectivity index (χ0v) is 24.9. The molecule has 0 fully saturated rings. The molecule has 2 amide bonds. The first-order valence-electron chi connectivity index (χ1n) is 15.0. The summed E-state index contributed by atoms with van der Waals surface area (Å²) in [5.74, 6) is 0.110. The van der Waals surface area contributed by atoms with E-state index in [1.165, 1.54) is 62.5 Å². The third-order valence-corrected chi connectivity index (χ3v) is 7.11. The highest BCUT2D eigenvalue weighted by Crippen LogP contribution is 2.16. The minimum absolute atomic E-state index is 0.0550. The van der Waals surface area contributed by atoms with Crippen LogP contribution in [0.4, 0.5) is 11.4 Å². The largest absolute Gasteiger partial charge is 0.326 e. The zero-order chi connectivity index (χ0) is 28.3. The molecule has 39 heavy (non-hydrogen) atoms. The van der Waals surface area contributed by atoms with Gasteiger partial charge in [0.15, 0.2) is 0 Å². The number of nitrogens with zero attached hydrogens (tertiary/aromatic N) is 2. The summed E-state index contributed by atoms with van der Waals surface area (Å²) in [6, 6.07) is 16.1. The van der Waals surface area contributed by atoms with Gasteiger partial charge in [-0.1, -0.05) is 76.6 Å². The molecule has 216 valence electrons. The van der Waals surface area contributed by atoms with E-state index in [-0.39, 0.29) is 11.8 Å². The van der Waals surface area contributed by atoms with E-state index in [1.54, 1.807) is 0 Å². The Labute approximate surface area is 237 Å². The van der Waals surface area contributed by atoms with Crippen LogP contribution in [0.15, 0.2) is 48.5 Å². The molecule has 0 atom stereocenters. The van der Waals surface area contributed by atoms with Crippen LogP contribution < -0.4 is 10.6 Å². The predicted molar refractivity (Wildman–Crippen MR) is 165 cm³/mol. The second kappa shape index (κ2) is 19.4. The van der Waals surface area contributed by atoms with Crippen molar-refractivity contribution >= 4 is 23.2 Å². The zero-order valence-electron chi connectivity index (χ0n) is 24.9. The monoisotopic (exact) mass is 536 g/mol. The van der Waals surface area contributed by atoms with Crippen molar-refractivity contribution in [1.82, 2.24) is 9.80 Å². The first-order valence-corrected chi connectivity index (χ1v) is 15.0. The van der Waals surface area contributed by atoms with Crippen LogP contribution in [0, 0.1) is 0 Å². The highest BCUT2D eigenvalue weighted by molar-refractivity contribution is 5.91. The number of unbranched alkanes of at least 4 members (excludes halogenated alkanes) is 6. The fourth-order valence-electron chi connectivity index (χ4n) is 4.52. The summed E-state index contributed by atoms with van der Waals surface area (Å²) in [6.45, 7) is 8.10. The summed E-state index contributed by atoms with van der Waals surface area (Å²) in [5.41, 5.74) is 4.02. The normalized spacial score (nSPS) is 11.2. The van der Waals surface area contributed by atoms with Gasteiger partial charge in [0.25, 0.3) is 0 Å². The lowest BCUT2D eigenvalue weighted by atomic mass is 10.0. The second-order valence-corrected chi connectivity index (χ2v) is 10.9. The van der Waals surface area contributed by atoms with E-state index in [2.05, 4.69) is 72.6 Å². The Kier molecular flexibility index (Phi) is 16.2. The Morgan fingerprint density at radius 3 is 1.31 bits per heavy atom. The number of nitrogens with one attached hydrogen (secondary N) is 2. The Bertz CT molecular complexity index is 866. The number of carbonyl (C=O) groups excluding carboxylic acids is 2. The lowest BCUT2D eigenvalue weighted by Gasteiger charge is -2.16. The molecule has 6 heteroatoms. The standard InChI is InChI=1S/C33H52N4O2/c1-5-7-9-11-23-36(3)25-21-32(38)34-30-17-13-28(14-18-30)27-29-15-19-31(20-16-29)35-33(39)22-26-37(4)24-12-10-8-6-2/h13-20H,5-12,21-27H2,1-4H3,(H,34,38)(H,35,39). The lowest BCUT2D eigenvalue weighted by Crippen LogP contribution is -2.25. The average Bonchev–Trinajstić information content (AvgIpc) is 2.93. The van der Waals surface area contributed by atoms with Crippen molar-refractivity contribution in [3.05, 3.63) is 59.7 Å². The minimum Gasteiger partial charge on any atom is -0.326 e. The van der Waals surface area contributed by atoms with Crippen molar-refractivity contribution in [2.45, 2.75) is 84.5 Å². The Balaban J connectivity index is 1.69. The third kappa shape index (κ3) is 14.9. The SMILES string of the molecule is CCCCCCN(C)CCC(=O)Nc1ccc(Cc2ccc(NC(=O)CCN(C)CCCCCC)cc2)cc1. The van der Waals surface area contributed by atoms with Crippen LogP contribution in [0.25, 0.3) is 0 Å². The van der Waals surface area contributed by atoms with E-state index in [4.69, 9.17) is 0 Å². The molecule has 0 aliphatic heterocycles. The van der Waals surface area contributed by atoms with Crippen LogP contribution >= 0.6 is 0 Å². The van der Waals surface area contributed by atoms with Gasteiger partial charge < -0.3 is 20.4 Å². The number of carbonyl (C=O) groups is 2. The maximum Gasteiger partial charge on any atom is 0.225 e. The van der Waals surface area contributed by atoms with Gasteiger partial charge in [-0.05, 0) is 81.8 Å². The van der Waals surface area contributed by atoms with Gasteiger partial charge in [-0.3, -0.25) is 9.59 Å². The summed E-state index contributed by atoms with van der Waals surface area (Å²) < 4.78 is 0. The van der Waals surface area contributed by atoms with E-state index in [9.17, 15) is 9.59 Å². The first kappa shape index (κ1) is 32.5. The fraction of sp³-hybridized carbons (Fsp3) is 0.576. The van der Waals surface area contributed by atoms with Crippen molar-refractivity contribution in [2.75, 3.05) is 50.9 Å². The average molecular weight is 537 g/mol. The Morgan fingerprint density at radius 2 is 0.949 bits per heavy atom. The van der Waals surface area contributed by atoms with Crippen LogP contribution in [0.2, 0.25) is 0 Å². The molecule has 2 N–H and O–H groups in total. The number of anilines is 2. The second-order valence-electron chi connectivity index (χ2n) is 10.9. The number of benzene rings is 2. The van der Waals surface area contributed by atoms with Crippen LogP contribution in [-0.2, 0) is 16.0 Å². The van der Waals surface area contributed by atoms with Crippen molar-refractivity contribution in [1.29, 1.82) is 0 Å². The van der Waals surface area contributed by atoms with Gasteiger partial charge in [0.2, 0.25) is 11.8 Å². The molecule has 2 aromatic carbocycles. The van der Waals surface area contributed by atoms with Crippen LogP contribution in [0.1, 0.15) is 89.2 Å². The fourth-order valence-corrected chi connectivity index (χ4v) is 4.52. The van der Waals surface area contributed by atoms with Crippen LogP contribution in [0.5, 0.6) is 0 Å². The van der Waals surface area contributed by atoms with Gasteiger partial charge in [-0.2, -0.15) is 0 Å². The maximum atomic E-state index is 12.3. The number of hydrogen-bond donors (Lipinski definition) is 2. The molecular formula is C33H52N4O2. The molecule has 0 unspecified atom stereocenters. The first-order chi connectivity index (χ1) is 18.9. The molecule has 2 rings (SSSR count). The van der Waals surface area contributed by atoms with Gasteiger partial charge >= 0.3 is 0 Å². The van der Waals surface area contributed by atoms with E-state index in [0.29, 0.717) is 12.8 Å². The smallest absolute Gasteiger partial charge is 0.225 e. The summed E-state index contributed by atoms with van der Waals surface area (Å²) in [5, 5.41) is 6.03. The van der Waals surface area contributed by atoms with E-state index < -0.39 is 0 Å². The molecule has 0 heterocycles. The molecule has 0 aromatic heterocycles. The van der Waals surface area contributed by atoms with Crippen LogP contribution in [0.3, 0.4) is 0 Å². The molecule has 0 aliphatic carbocycles. The molecule has 0 radical (unpaired) electrons. The summed E-state index contributed by atoms with van der Waals surface area (Å²) in [7, 11) is 4.18. The molecule has 0 saturated heterocycles. The van der Waals surface area contributed by atoms with Crippen molar-refractivity contribution in [3.8, 4) is 0 Å². The predicted octanol–water partition coefficient (Wildman–Crippen LogP) is 6.96. The van der Waals surface area contributed by atoms with Gasteiger partial charge in [0.1, 0.15) is 0 Å². The van der Waals surface area contributed by atoms with Gasteiger partial charge in [0.05, 0.1) is 0 Å². The van der Waals surface area contributed by atoms with Crippen LogP contribution in [-0.4, -0.2) is 61.9 Å². The number of amides is 2. The Hall–Kier alpha value is -2.70. The van der Waals surface area contributed by atoms with E-state index >= 15 is 0 Å². The van der Waals surface area contributed by atoms with E-state index in [1.807, 2.05) is 24.3 Å². The van der Waals surface area contributed by atoms with Crippen molar-refractivity contribution < 1.29 is 9.59 Å². The van der Waals surface area contributed by atoms with Crippen molar-refractivity contribution in [3.63, 3.8) is 0 Å². The molecule has 0 bridgehead atoms. The molecule has 6 nitrogen and oxygen atoms in total. The lowest BCUT2D eigenvalue weighted by molar-refractivity contribution is -0.117. The summed E-state index contributed by atoms with van der Waals surface area (Å²) in [4.78, 5) is 29.2. The highest BCUT2D eigenvalue weighted by atomic mass is 16.2. The molecule has 0 spiro atoms. The molecule has 0 saturated carbocycles. The Morgan fingerprint density at radius 1 is 0.564 bits per heavy atom. The quantitative estimate of drug-likeness (QED) is 0.180. The number of hydrogen-bond acceptors (Lipinski definition) is 4. The van der Waals surface area contributed by atoms with Gasteiger partial charge in [0, 0.05) is 37.3 Å². The van der Waals surface area contributed by atoms with Gasteiger partial charge in [-0.15, -0.1) is 0 Å². The maximum absolute atomic E-state index is 12.3. The molecule has 0 aliphatic rings. The van der Waals surface area contributed by atoms with Crippen molar-refractivity contribution in [2.24, 2.45) is 0 Å².